The minimum absolute atomic E-state index is 0.174. The molecule has 4 aromatic carbocycles. The maximum atomic E-state index is 13.5. The Balaban J connectivity index is 1.20. The second-order valence-electron chi connectivity index (χ2n) is 8.99. The number of rotatable bonds is 11. The number of thiazole rings is 1. The number of ether oxygens (including phenoxy) is 2. The Morgan fingerprint density at radius 3 is 2.60 bits per heavy atom. The molecule has 0 unspecified atom stereocenters. The van der Waals surface area contributed by atoms with Gasteiger partial charge < -0.3 is 14.8 Å². The highest BCUT2D eigenvalue weighted by atomic mass is 79.9. The minimum Gasteiger partial charge on any atom is -0.490 e. The van der Waals surface area contributed by atoms with Crippen molar-refractivity contribution >= 4 is 50.2 Å². The van der Waals surface area contributed by atoms with E-state index >= 15 is 0 Å². The van der Waals surface area contributed by atoms with Gasteiger partial charge in [-0.3, -0.25) is 4.79 Å². The number of amides is 1. The number of nitrogens with zero attached hydrogens (tertiary/aromatic N) is 2. The molecule has 0 aliphatic carbocycles. The molecule has 10 heteroatoms. The molecule has 0 spiro atoms. The Morgan fingerprint density at radius 1 is 1.02 bits per heavy atom. The molecule has 7 nitrogen and oxygen atoms in total. The van der Waals surface area contributed by atoms with Crippen LogP contribution in [0.2, 0.25) is 0 Å². The van der Waals surface area contributed by atoms with E-state index in [1.807, 2.05) is 54.8 Å². The predicted octanol–water partition coefficient (Wildman–Crippen LogP) is 8.20. The van der Waals surface area contributed by atoms with Crippen LogP contribution >= 0.6 is 27.3 Å². The molecule has 5 aromatic rings. The molecular weight excluding hydrogens is 619 g/mol. The lowest BCUT2D eigenvalue weighted by atomic mass is 10.1. The quantitative estimate of drug-likeness (QED) is 0.112. The molecule has 1 aromatic heterocycles. The molecule has 0 radical (unpaired) electrons. The second-order valence-corrected chi connectivity index (χ2v) is 10.7. The zero-order valence-electron chi connectivity index (χ0n) is 22.5. The summed E-state index contributed by atoms with van der Waals surface area (Å²) in [5, 5.41) is 10.2. The maximum absolute atomic E-state index is 13.5. The van der Waals surface area contributed by atoms with Crippen molar-refractivity contribution in [1.82, 2.24) is 10.4 Å². The number of nitrogens with one attached hydrogen (secondary N) is 2. The van der Waals surface area contributed by atoms with Gasteiger partial charge in [0.2, 0.25) is 0 Å². The first-order valence-corrected chi connectivity index (χ1v) is 14.7. The molecule has 0 saturated heterocycles. The highest BCUT2D eigenvalue weighted by molar-refractivity contribution is 9.10. The van der Waals surface area contributed by atoms with Crippen molar-refractivity contribution in [3.63, 3.8) is 0 Å². The Bertz CT molecular complexity index is 1690. The minimum atomic E-state index is -0.346. The molecule has 0 atom stereocenters. The maximum Gasteiger partial charge on any atom is 0.271 e. The van der Waals surface area contributed by atoms with Gasteiger partial charge in [-0.1, -0.05) is 42.5 Å². The van der Waals surface area contributed by atoms with Gasteiger partial charge in [0, 0.05) is 22.2 Å². The summed E-state index contributed by atoms with van der Waals surface area (Å²) in [7, 11) is 0. The van der Waals surface area contributed by atoms with Crippen LogP contribution in [-0.2, 0) is 6.61 Å². The number of para-hydroxylation sites is 1. The molecule has 42 heavy (non-hydrogen) atoms. The standard InChI is InChI=1S/C32H26BrFN4O3S/c1-2-40-29-17-22(16-27(33)30(29)41-19-21-7-6-8-25(34)15-21)18-35-38-31(39)24-13-11-23(12-14-24)28-20-42-32(37-28)36-26-9-4-3-5-10-26/h3-18,20H,2,19H2,1H3,(H,36,37)(H,38,39)/b35-18-. The van der Waals surface area contributed by atoms with Gasteiger partial charge in [0.25, 0.3) is 5.91 Å². The summed E-state index contributed by atoms with van der Waals surface area (Å²) in [6.07, 6.45) is 1.52. The fourth-order valence-electron chi connectivity index (χ4n) is 3.98. The number of anilines is 2. The Hall–Kier alpha value is -4.54. The molecule has 1 heterocycles. The lowest BCUT2D eigenvalue weighted by Crippen LogP contribution is -2.17. The van der Waals surface area contributed by atoms with E-state index in [0.29, 0.717) is 39.3 Å². The van der Waals surface area contributed by atoms with Crippen LogP contribution in [0.25, 0.3) is 11.3 Å². The Labute approximate surface area is 255 Å². The van der Waals surface area contributed by atoms with E-state index in [9.17, 15) is 9.18 Å². The molecule has 0 bridgehead atoms. The first kappa shape index (κ1) is 29.0. The zero-order chi connectivity index (χ0) is 29.3. The molecule has 0 fully saturated rings. The van der Waals surface area contributed by atoms with Gasteiger partial charge in [-0.05, 0) is 82.5 Å². The topological polar surface area (TPSA) is 84.8 Å². The van der Waals surface area contributed by atoms with Gasteiger partial charge in [-0.25, -0.2) is 14.8 Å². The van der Waals surface area contributed by atoms with Crippen LogP contribution in [0.1, 0.15) is 28.4 Å². The second kappa shape index (κ2) is 13.9. The molecule has 0 aliphatic rings. The number of benzene rings is 4. The molecule has 5 rings (SSSR count). The number of carbonyl (C=O) groups excluding carboxylic acids is 1. The van der Waals surface area contributed by atoms with E-state index in [1.165, 1.54) is 29.7 Å². The first-order valence-electron chi connectivity index (χ1n) is 13.0. The van der Waals surface area contributed by atoms with Crippen molar-refractivity contribution in [1.29, 1.82) is 0 Å². The van der Waals surface area contributed by atoms with Gasteiger partial charge in [0.15, 0.2) is 16.6 Å². The van der Waals surface area contributed by atoms with Crippen molar-refractivity contribution in [2.24, 2.45) is 5.10 Å². The fourth-order valence-corrected chi connectivity index (χ4v) is 5.29. The highest BCUT2D eigenvalue weighted by Gasteiger charge is 2.13. The highest BCUT2D eigenvalue weighted by Crippen LogP contribution is 2.37. The van der Waals surface area contributed by atoms with Crippen LogP contribution in [0.15, 0.2) is 106 Å². The van der Waals surface area contributed by atoms with E-state index in [0.717, 1.165) is 22.1 Å². The number of hydrogen-bond donors (Lipinski definition) is 2. The number of halogens is 2. The first-order chi connectivity index (χ1) is 20.5. The predicted molar refractivity (Wildman–Crippen MR) is 168 cm³/mol. The van der Waals surface area contributed by atoms with Crippen molar-refractivity contribution in [2.75, 3.05) is 11.9 Å². The summed E-state index contributed by atoms with van der Waals surface area (Å²) in [5.74, 6) is 0.317. The van der Waals surface area contributed by atoms with Crippen molar-refractivity contribution in [2.45, 2.75) is 13.5 Å². The summed E-state index contributed by atoms with van der Waals surface area (Å²) >= 11 is 5.03. The third-order valence-corrected chi connectivity index (χ3v) is 7.30. The van der Waals surface area contributed by atoms with Gasteiger partial charge >= 0.3 is 0 Å². The zero-order valence-corrected chi connectivity index (χ0v) is 24.9. The monoisotopic (exact) mass is 644 g/mol. The lowest BCUT2D eigenvalue weighted by molar-refractivity contribution is 0.0955. The number of carbonyl (C=O) groups is 1. The molecule has 1 amide bonds. The molecule has 212 valence electrons. The van der Waals surface area contributed by atoms with Gasteiger partial charge in [-0.2, -0.15) is 5.10 Å². The third-order valence-electron chi connectivity index (χ3n) is 5.96. The van der Waals surface area contributed by atoms with Crippen LogP contribution in [0.5, 0.6) is 11.5 Å². The van der Waals surface area contributed by atoms with E-state index in [2.05, 4.69) is 36.8 Å². The number of hydrazone groups is 1. The molecular formula is C32H26BrFN4O3S. The third kappa shape index (κ3) is 7.59. The fraction of sp³-hybridized carbons (Fsp3) is 0.0938. The van der Waals surface area contributed by atoms with Gasteiger partial charge in [0.05, 0.1) is 23.0 Å². The van der Waals surface area contributed by atoms with Crippen LogP contribution in [0.3, 0.4) is 0 Å². The van der Waals surface area contributed by atoms with Gasteiger partial charge in [-0.15, -0.1) is 11.3 Å². The smallest absolute Gasteiger partial charge is 0.271 e. The van der Waals surface area contributed by atoms with E-state index in [1.54, 1.807) is 36.4 Å². The van der Waals surface area contributed by atoms with E-state index in [-0.39, 0.29) is 18.3 Å². The summed E-state index contributed by atoms with van der Waals surface area (Å²) in [4.78, 5) is 17.3. The molecule has 0 saturated carbocycles. The van der Waals surface area contributed by atoms with E-state index in [4.69, 9.17) is 9.47 Å². The Morgan fingerprint density at radius 2 is 1.83 bits per heavy atom. The largest absolute Gasteiger partial charge is 0.490 e. The van der Waals surface area contributed by atoms with Crippen molar-refractivity contribution < 1.29 is 18.7 Å². The van der Waals surface area contributed by atoms with Crippen LogP contribution in [-0.4, -0.2) is 23.7 Å². The molecule has 0 aliphatic heterocycles. The lowest BCUT2D eigenvalue weighted by Gasteiger charge is -2.14. The van der Waals surface area contributed by atoms with Crippen molar-refractivity contribution in [3.8, 4) is 22.8 Å². The summed E-state index contributed by atoms with van der Waals surface area (Å²) in [6.45, 7) is 2.46. The van der Waals surface area contributed by atoms with Crippen LogP contribution < -0.4 is 20.2 Å². The van der Waals surface area contributed by atoms with Crippen molar-refractivity contribution in [3.05, 3.63) is 123 Å². The van der Waals surface area contributed by atoms with E-state index < -0.39 is 0 Å². The summed E-state index contributed by atoms with van der Waals surface area (Å²) in [6, 6.07) is 26.8. The molecule has 2 N–H and O–H groups in total. The SMILES string of the molecule is CCOc1cc(/C=N\NC(=O)c2ccc(-c3csc(Nc4ccccc4)n3)cc2)cc(Br)c1OCc1cccc(F)c1. The van der Waals surface area contributed by atoms with Crippen LogP contribution in [0, 0.1) is 5.82 Å². The van der Waals surface area contributed by atoms with Crippen LogP contribution in [0.4, 0.5) is 15.2 Å². The Kier molecular flexibility index (Phi) is 9.58. The average Bonchev–Trinajstić information content (AvgIpc) is 3.46. The number of hydrogen-bond acceptors (Lipinski definition) is 7. The average molecular weight is 646 g/mol. The van der Waals surface area contributed by atoms with Gasteiger partial charge in [0.1, 0.15) is 12.4 Å². The summed E-state index contributed by atoms with van der Waals surface area (Å²) < 4.78 is 25.8. The summed E-state index contributed by atoms with van der Waals surface area (Å²) in [5.41, 5.74) is 7.10. The normalized spacial score (nSPS) is 10.9. The number of aromatic nitrogens is 1.